The Bertz CT molecular complexity index is 424. The fraction of sp³-hybridized carbons (Fsp3) is 0.400. The first-order chi connectivity index (χ1) is 8.52. The standard InChI is InChI=1S/C10H13BrN2O4S/c1-17-7(9(14)15)5-13-10(16)12-4-6-2-3-8(11)18-6/h2-3,7H,4-5H2,1H3,(H,14,15)(H2,12,13,16). The van der Waals surface area contributed by atoms with Crippen LogP contribution in [0.1, 0.15) is 4.88 Å². The molecule has 0 aliphatic carbocycles. The summed E-state index contributed by atoms with van der Waals surface area (Å²) in [6.45, 7) is 0.318. The van der Waals surface area contributed by atoms with E-state index in [1.54, 1.807) is 0 Å². The van der Waals surface area contributed by atoms with Crippen LogP contribution in [0.4, 0.5) is 4.79 Å². The summed E-state index contributed by atoms with van der Waals surface area (Å²) in [6, 6.07) is 3.36. The zero-order chi connectivity index (χ0) is 13.5. The minimum atomic E-state index is -1.11. The average Bonchev–Trinajstić information content (AvgIpc) is 2.73. The monoisotopic (exact) mass is 336 g/mol. The number of nitrogens with one attached hydrogen (secondary N) is 2. The maximum atomic E-state index is 11.4. The van der Waals surface area contributed by atoms with Crippen LogP contribution in [0.25, 0.3) is 0 Å². The van der Waals surface area contributed by atoms with E-state index in [9.17, 15) is 9.59 Å². The highest BCUT2D eigenvalue weighted by Gasteiger charge is 2.16. The minimum Gasteiger partial charge on any atom is -0.479 e. The third-order valence-electron chi connectivity index (χ3n) is 2.06. The molecule has 0 aromatic carbocycles. The van der Waals surface area contributed by atoms with Crippen molar-refractivity contribution in [2.45, 2.75) is 12.6 Å². The molecule has 1 atom stereocenters. The van der Waals surface area contributed by atoms with Gasteiger partial charge in [-0.3, -0.25) is 0 Å². The molecule has 100 valence electrons. The number of amides is 2. The normalized spacial score (nSPS) is 11.9. The first-order valence-corrected chi connectivity index (χ1v) is 6.65. The zero-order valence-electron chi connectivity index (χ0n) is 9.60. The molecule has 8 heteroatoms. The maximum absolute atomic E-state index is 11.4. The van der Waals surface area contributed by atoms with E-state index >= 15 is 0 Å². The van der Waals surface area contributed by atoms with Crippen molar-refractivity contribution in [2.24, 2.45) is 0 Å². The van der Waals surface area contributed by atoms with Crippen molar-refractivity contribution >= 4 is 39.3 Å². The van der Waals surface area contributed by atoms with E-state index in [1.807, 2.05) is 12.1 Å². The van der Waals surface area contributed by atoms with Crippen LogP contribution in [0.5, 0.6) is 0 Å². The highest BCUT2D eigenvalue weighted by atomic mass is 79.9. The lowest BCUT2D eigenvalue weighted by atomic mass is 10.3. The minimum absolute atomic E-state index is 0.0776. The van der Waals surface area contributed by atoms with E-state index in [0.717, 1.165) is 8.66 Å². The van der Waals surface area contributed by atoms with Crippen LogP contribution in [-0.2, 0) is 16.1 Å². The molecule has 1 heterocycles. The van der Waals surface area contributed by atoms with Gasteiger partial charge in [0.2, 0.25) is 0 Å². The Kier molecular flexibility index (Phi) is 6.10. The molecule has 18 heavy (non-hydrogen) atoms. The van der Waals surface area contributed by atoms with Gasteiger partial charge >= 0.3 is 12.0 Å². The van der Waals surface area contributed by atoms with Crippen LogP contribution in [0.15, 0.2) is 15.9 Å². The molecule has 0 radical (unpaired) electrons. The van der Waals surface area contributed by atoms with E-state index in [0.29, 0.717) is 6.54 Å². The Morgan fingerprint density at radius 3 is 2.72 bits per heavy atom. The van der Waals surface area contributed by atoms with Gasteiger partial charge in [-0.1, -0.05) is 0 Å². The summed E-state index contributed by atoms with van der Waals surface area (Å²) in [5, 5.41) is 13.7. The van der Waals surface area contributed by atoms with E-state index in [2.05, 4.69) is 31.3 Å². The van der Waals surface area contributed by atoms with Crippen LogP contribution in [0.2, 0.25) is 0 Å². The van der Waals surface area contributed by atoms with Gasteiger partial charge in [-0.25, -0.2) is 9.59 Å². The molecule has 2 amide bonds. The molecule has 6 nitrogen and oxygen atoms in total. The van der Waals surface area contributed by atoms with Gasteiger partial charge in [0.05, 0.1) is 16.9 Å². The molecular weight excluding hydrogens is 324 g/mol. The molecule has 0 aliphatic rings. The number of thiophene rings is 1. The molecule has 1 unspecified atom stereocenters. The van der Waals surface area contributed by atoms with Crippen molar-refractivity contribution in [3.8, 4) is 0 Å². The Morgan fingerprint density at radius 2 is 2.22 bits per heavy atom. The Balaban J connectivity index is 2.27. The summed E-state index contributed by atoms with van der Waals surface area (Å²) in [4.78, 5) is 23.0. The summed E-state index contributed by atoms with van der Waals surface area (Å²) in [5.41, 5.74) is 0. The molecule has 3 N–H and O–H groups in total. The number of carbonyl (C=O) groups is 2. The van der Waals surface area contributed by atoms with E-state index in [4.69, 9.17) is 5.11 Å². The van der Waals surface area contributed by atoms with Crippen molar-refractivity contribution in [1.29, 1.82) is 0 Å². The summed E-state index contributed by atoms with van der Waals surface area (Å²) in [7, 11) is 1.28. The van der Waals surface area contributed by atoms with Gasteiger partial charge in [0, 0.05) is 12.0 Å². The maximum Gasteiger partial charge on any atom is 0.334 e. The highest BCUT2D eigenvalue weighted by Crippen LogP contribution is 2.21. The first-order valence-electron chi connectivity index (χ1n) is 5.04. The van der Waals surface area contributed by atoms with Gasteiger partial charge in [0.1, 0.15) is 0 Å². The molecule has 1 rings (SSSR count). The second kappa shape index (κ2) is 7.34. The molecule has 0 spiro atoms. The molecule has 0 saturated carbocycles. The zero-order valence-corrected chi connectivity index (χ0v) is 12.0. The van der Waals surface area contributed by atoms with Crippen molar-refractivity contribution in [3.05, 3.63) is 20.8 Å². The molecule has 1 aromatic rings. The third-order valence-corrected chi connectivity index (χ3v) is 3.68. The summed E-state index contributed by atoms with van der Waals surface area (Å²) < 4.78 is 5.67. The van der Waals surface area contributed by atoms with Gasteiger partial charge < -0.3 is 20.5 Å². The van der Waals surface area contributed by atoms with Crippen LogP contribution >= 0.6 is 27.3 Å². The van der Waals surface area contributed by atoms with Gasteiger partial charge in [-0.05, 0) is 28.1 Å². The fourth-order valence-corrected chi connectivity index (χ4v) is 2.56. The average molecular weight is 337 g/mol. The van der Waals surface area contributed by atoms with Gasteiger partial charge in [0.25, 0.3) is 0 Å². The fourth-order valence-electron chi connectivity index (χ4n) is 1.13. The van der Waals surface area contributed by atoms with Crippen molar-refractivity contribution in [3.63, 3.8) is 0 Å². The number of rotatable bonds is 6. The van der Waals surface area contributed by atoms with Crippen LogP contribution < -0.4 is 10.6 Å². The number of urea groups is 1. The Hall–Kier alpha value is -1.12. The number of ether oxygens (including phenoxy) is 1. The van der Waals surface area contributed by atoms with Crippen LogP contribution in [0.3, 0.4) is 0 Å². The second-order valence-corrected chi connectivity index (χ2v) is 5.88. The lowest BCUT2D eigenvalue weighted by molar-refractivity contribution is -0.147. The SMILES string of the molecule is COC(CNC(=O)NCc1ccc(Br)s1)C(=O)O. The summed E-state index contributed by atoms with van der Waals surface area (Å²) in [5.74, 6) is -1.11. The van der Waals surface area contributed by atoms with E-state index in [-0.39, 0.29) is 6.54 Å². The van der Waals surface area contributed by atoms with Crippen molar-refractivity contribution in [1.82, 2.24) is 10.6 Å². The predicted octanol–water partition coefficient (Wildman–Crippen LogP) is 1.41. The summed E-state index contributed by atoms with van der Waals surface area (Å²) in [6.07, 6.45) is -1.04. The van der Waals surface area contributed by atoms with E-state index < -0.39 is 18.1 Å². The topological polar surface area (TPSA) is 87.7 Å². The molecule has 0 fully saturated rings. The Labute approximate surface area is 116 Å². The Morgan fingerprint density at radius 1 is 1.50 bits per heavy atom. The molecule has 1 aromatic heterocycles. The number of methoxy groups -OCH3 is 1. The lowest BCUT2D eigenvalue weighted by Gasteiger charge is -2.11. The number of hydrogen-bond donors (Lipinski definition) is 3. The number of carboxylic acid groups (broad SMARTS) is 1. The van der Waals surface area contributed by atoms with Gasteiger partial charge in [0.15, 0.2) is 6.10 Å². The third kappa shape index (κ3) is 5.03. The molecule has 0 bridgehead atoms. The number of hydrogen-bond acceptors (Lipinski definition) is 4. The predicted molar refractivity (Wildman–Crippen MR) is 70.7 cm³/mol. The second-order valence-electron chi connectivity index (χ2n) is 3.33. The lowest BCUT2D eigenvalue weighted by Crippen LogP contribution is -2.42. The van der Waals surface area contributed by atoms with Crippen molar-refractivity contribution in [2.75, 3.05) is 13.7 Å². The number of halogens is 1. The van der Waals surface area contributed by atoms with Gasteiger partial charge in [-0.15, -0.1) is 11.3 Å². The number of carbonyl (C=O) groups excluding carboxylic acids is 1. The quantitative estimate of drug-likeness (QED) is 0.732. The van der Waals surface area contributed by atoms with Crippen LogP contribution in [0, 0.1) is 0 Å². The molecule has 0 saturated heterocycles. The van der Waals surface area contributed by atoms with Crippen molar-refractivity contribution < 1.29 is 19.4 Å². The summed E-state index contributed by atoms with van der Waals surface area (Å²) >= 11 is 4.84. The molecular formula is C10H13BrN2O4S. The van der Waals surface area contributed by atoms with Crippen LogP contribution in [-0.4, -0.2) is 36.9 Å². The molecule has 0 aliphatic heterocycles. The largest absolute Gasteiger partial charge is 0.479 e. The smallest absolute Gasteiger partial charge is 0.334 e. The highest BCUT2D eigenvalue weighted by molar-refractivity contribution is 9.11. The number of aliphatic carboxylic acids is 1. The van der Waals surface area contributed by atoms with E-state index in [1.165, 1.54) is 18.4 Å². The number of carboxylic acids is 1. The first kappa shape index (κ1) is 14.9. The van der Waals surface area contributed by atoms with Gasteiger partial charge in [-0.2, -0.15) is 0 Å².